The van der Waals surface area contributed by atoms with Crippen LogP contribution in [0.15, 0.2) is 0 Å². The molecule has 0 radical (unpaired) electrons. The first kappa shape index (κ1) is 15.6. The highest BCUT2D eigenvalue weighted by molar-refractivity contribution is 6.20. The molecule has 0 aliphatic heterocycles. The van der Waals surface area contributed by atoms with Gasteiger partial charge in [0, 0.05) is 11.8 Å². The molecule has 48 valence electrons. The molecule has 0 fully saturated rings. The molecule has 0 saturated heterocycles. The van der Waals surface area contributed by atoms with Gasteiger partial charge in [0.05, 0.1) is 0 Å². The van der Waals surface area contributed by atoms with Crippen LogP contribution in [0.4, 0.5) is 0 Å². The lowest BCUT2D eigenvalue weighted by molar-refractivity contribution is 1.11. The van der Waals surface area contributed by atoms with Gasteiger partial charge in [0.25, 0.3) is 0 Å². The first-order chi connectivity index (χ1) is 2.41. The van der Waals surface area contributed by atoms with E-state index in [2.05, 4.69) is 0 Å². The van der Waals surface area contributed by atoms with Gasteiger partial charge in [0.1, 0.15) is 0 Å². The van der Waals surface area contributed by atoms with E-state index in [1.807, 2.05) is 0 Å². The SMILES string of the molecule is ClCCCCl.N.N. The fraction of sp³-hybridized carbons (Fsp3) is 1.00. The maximum absolute atomic E-state index is 5.22. The molecule has 4 heteroatoms. The van der Waals surface area contributed by atoms with Gasteiger partial charge in [-0.3, -0.25) is 0 Å². The minimum Gasteiger partial charge on any atom is -0.344 e. The third-order valence-corrected chi connectivity index (χ3v) is 0.802. The van der Waals surface area contributed by atoms with Gasteiger partial charge in [-0.2, -0.15) is 0 Å². The van der Waals surface area contributed by atoms with Crippen molar-refractivity contribution in [2.75, 3.05) is 11.8 Å². The molecule has 0 saturated carbocycles. The Hall–Kier alpha value is 0.500. The predicted molar refractivity (Wildman–Crippen MR) is 36.1 cm³/mol. The van der Waals surface area contributed by atoms with E-state index in [1.54, 1.807) is 0 Å². The van der Waals surface area contributed by atoms with Gasteiger partial charge in [-0.1, -0.05) is 0 Å². The summed E-state index contributed by atoms with van der Waals surface area (Å²) in [6.45, 7) is 0. The van der Waals surface area contributed by atoms with Gasteiger partial charge in [-0.15, -0.1) is 23.2 Å². The van der Waals surface area contributed by atoms with Gasteiger partial charge in [0.15, 0.2) is 0 Å². The van der Waals surface area contributed by atoms with Crippen molar-refractivity contribution in [3.05, 3.63) is 0 Å². The Morgan fingerprint density at radius 2 is 1.14 bits per heavy atom. The molecule has 0 bridgehead atoms. The molecule has 7 heavy (non-hydrogen) atoms. The molecule has 0 amide bonds. The molecule has 0 aromatic rings. The third kappa shape index (κ3) is 21.1. The lowest BCUT2D eigenvalue weighted by Crippen LogP contribution is -1.70. The zero-order valence-electron chi connectivity index (χ0n) is 4.29. The Morgan fingerprint density at radius 3 is 1.14 bits per heavy atom. The van der Waals surface area contributed by atoms with Crippen LogP contribution in [0, 0.1) is 0 Å². The second-order valence-corrected chi connectivity index (χ2v) is 1.49. The van der Waals surface area contributed by atoms with Gasteiger partial charge < -0.3 is 12.3 Å². The molecule has 0 rings (SSSR count). The summed E-state index contributed by atoms with van der Waals surface area (Å²) in [4.78, 5) is 0. The monoisotopic (exact) mass is 146 g/mol. The maximum Gasteiger partial charge on any atom is 0.0234 e. The van der Waals surface area contributed by atoms with Crippen LogP contribution in [0.3, 0.4) is 0 Å². The van der Waals surface area contributed by atoms with Crippen LogP contribution in [0.5, 0.6) is 0 Å². The highest BCUT2D eigenvalue weighted by atomic mass is 35.5. The maximum atomic E-state index is 5.22. The van der Waals surface area contributed by atoms with E-state index in [0.29, 0.717) is 11.8 Å². The van der Waals surface area contributed by atoms with Crippen LogP contribution in [0.1, 0.15) is 6.42 Å². The molecule has 0 aromatic carbocycles. The van der Waals surface area contributed by atoms with Crippen LogP contribution < -0.4 is 12.3 Å². The molecule has 0 atom stereocenters. The number of rotatable bonds is 2. The van der Waals surface area contributed by atoms with Gasteiger partial charge in [0.2, 0.25) is 0 Å². The van der Waals surface area contributed by atoms with Crippen molar-refractivity contribution in [2.45, 2.75) is 6.42 Å². The summed E-state index contributed by atoms with van der Waals surface area (Å²) >= 11 is 10.4. The van der Waals surface area contributed by atoms with E-state index in [1.165, 1.54) is 0 Å². The van der Waals surface area contributed by atoms with Crippen molar-refractivity contribution in [1.29, 1.82) is 0 Å². The predicted octanol–water partition coefficient (Wildman–Crippen LogP) is 2.18. The molecule has 0 spiro atoms. The lowest BCUT2D eigenvalue weighted by Gasteiger charge is -1.75. The molecule has 0 aliphatic rings. The summed E-state index contributed by atoms with van der Waals surface area (Å²) in [5.41, 5.74) is 0. The van der Waals surface area contributed by atoms with Crippen molar-refractivity contribution in [2.24, 2.45) is 0 Å². The Labute approximate surface area is 54.3 Å². The molecule has 2 nitrogen and oxygen atoms in total. The smallest absolute Gasteiger partial charge is 0.0234 e. The molecule has 0 heterocycles. The highest BCUT2D eigenvalue weighted by Gasteiger charge is 1.72. The first-order valence-corrected chi connectivity index (χ1v) is 2.60. The summed E-state index contributed by atoms with van der Waals surface area (Å²) in [5, 5.41) is 0. The van der Waals surface area contributed by atoms with Crippen LogP contribution in [-0.4, -0.2) is 11.8 Å². The molecular weight excluding hydrogens is 135 g/mol. The van der Waals surface area contributed by atoms with Crippen LogP contribution in [0.2, 0.25) is 0 Å². The van der Waals surface area contributed by atoms with Gasteiger partial charge >= 0.3 is 0 Å². The average molecular weight is 147 g/mol. The Balaban J connectivity index is -0.0000000800. The Morgan fingerprint density at radius 1 is 0.857 bits per heavy atom. The fourth-order valence-electron chi connectivity index (χ4n) is 0.0505. The zero-order valence-corrected chi connectivity index (χ0v) is 5.80. The summed E-state index contributed by atoms with van der Waals surface area (Å²) in [7, 11) is 0. The molecule has 0 aromatic heterocycles. The highest BCUT2D eigenvalue weighted by Crippen LogP contribution is 1.84. The van der Waals surface area contributed by atoms with Crippen LogP contribution in [0.25, 0.3) is 0 Å². The van der Waals surface area contributed by atoms with Crippen molar-refractivity contribution in [3.8, 4) is 0 Å². The number of hydrogen-bond donors (Lipinski definition) is 2. The van der Waals surface area contributed by atoms with E-state index >= 15 is 0 Å². The number of alkyl halides is 2. The van der Waals surface area contributed by atoms with Gasteiger partial charge in [-0.05, 0) is 6.42 Å². The third-order valence-electron chi connectivity index (χ3n) is 0.267. The average Bonchev–Trinajstić information content (AvgIpc) is 1.41. The van der Waals surface area contributed by atoms with Crippen molar-refractivity contribution >= 4 is 23.2 Å². The van der Waals surface area contributed by atoms with Crippen molar-refractivity contribution < 1.29 is 0 Å². The standard InChI is InChI=1S/C3H6Cl2.2H3N/c4-2-1-3-5;;/h1-3H2;2*1H3. The van der Waals surface area contributed by atoms with Gasteiger partial charge in [-0.25, -0.2) is 0 Å². The second-order valence-electron chi connectivity index (χ2n) is 0.732. The molecule has 0 unspecified atom stereocenters. The summed E-state index contributed by atoms with van der Waals surface area (Å²) in [6.07, 6.45) is 0.920. The minimum absolute atomic E-state index is 0. The van der Waals surface area contributed by atoms with E-state index in [4.69, 9.17) is 23.2 Å². The fourth-order valence-corrected chi connectivity index (χ4v) is 0.455. The number of halogens is 2. The Kier molecular flexibility index (Phi) is 35.9. The van der Waals surface area contributed by atoms with Crippen molar-refractivity contribution in [1.82, 2.24) is 12.3 Å². The number of hydrogen-bond acceptors (Lipinski definition) is 2. The lowest BCUT2D eigenvalue weighted by atomic mass is 10.6. The largest absolute Gasteiger partial charge is 0.344 e. The molecule has 0 aliphatic carbocycles. The Bertz CT molecular complexity index is 18.4. The summed E-state index contributed by atoms with van der Waals surface area (Å²) in [6, 6.07) is 0. The van der Waals surface area contributed by atoms with Crippen LogP contribution in [-0.2, 0) is 0 Å². The van der Waals surface area contributed by atoms with E-state index in [-0.39, 0.29) is 12.3 Å². The van der Waals surface area contributed by atoms with E-state index in [0.717, 1.165) is 6.42 Å². The molecule has 6 N–H and O–H groups in total. The topological polar surface area (TPSA) is 70.0 Å². The summed E-state index contributed by atoms with van der Waals surface area (Å²) in [5.74, 6) is 1.37. The van der Waals surface area contributed by atoms with E-state index in [9.17, 15) is 0 Å². The normalized spacial score (nSPS) is 6.00. The van der Waals surface area contributed by atoms with Crippen molar-refractivity contribution in [3.63, 3.8) is 0 Å². The first-order valence-electron chi connectivity index (χ1n) is 1.53. The summed E-state index contributed by atoms with van der Waals surface area (Å²) < 4.78 is 0. The minimum atomic E-state index is 0. The molecular formula is C3H12Cl2N2. The zero-order chi connectivity index (χ0) is 4.12. The quantitative estimate of drug-likeness (QED) is 0.587. The second kappa shape index (κ2) is 16.1. The van der Waals surface area contributed by atoms with E-state index < -0.39 is 0 Å². The van der Waals surface area contributed by atoms with Crippen LogP contribution >= 0.6 is 23.2 Å².